The number of amides is 1. The van der Waals surface area contributed by atoms with Crippen molar-refractivity contribution in [2.45, 2.75) is 56.4 Å². The van der Waals surface area contributed by atoms with Crippen LogP contribution in [0.1, 0.15) is 49.4 Å². The van der Waals surface area contributed by atoms with Crippen molar-refractivity contribution in [1.29, 1.82) is 0 Å². The summed E-state index contributed by atoms with van der Waals surface area (Å²) < 4.78 is 2.62. The SMILES string of the molecule is CCCC(Sc1nc(C)c(Cc2ccc(Br)cc2)c(=O)n1C)C(=O)N1CCCC1. The highest BCUT2D eigenvalue weighted by atomic mass is 79.9. The number of rotatable bonds is 7. The zero-order valence-electron chi connectivity index (χ0n) is 17.3. The Kier molecular flexibility index (Phi) is 7.57. The van der Waals surface area contributed by atoms with Gasteiger partial charge >= 0.3 is 0 Å². The summed E-state index contributed by atoms with van der Waals surface area (Å²) in [6.07, 6.45) is 4.42. The van der Waals surface area contributed by atoms with E-state index in [2.05, 4.69) is 22.9 Å². The lowest BCUT2D eigenvalue weighted by Crippen LogP contribution is -2.36. The maximum Gasteiger partial charge on any atom is 0.257 e. The summed E-state index contributed by atoms with van der Waals surface area (Å²) in [6, 6.07) is 7.98. The molecule has 7 heteroatoms. The smallest absolute Gasteiger partial charge is 0.257 e. The monoisotopic (exact) mass is 477 g/mol. The molecule has 5 nitrogen and oxygen atoms in total. The maximum atomic E-state index is 13.1. The lowest BCUT2D eigenvalue weighted by atomic mass is 10.1. The fourth-order valence-corrected chi connectivity index (χ4v) is 5.16. The first-order chi connectivity index (χ1) is 13.9. The molecule has 0 N–H and O–H groups in total. The van der Waals surface area contributed by atoms with Crippen molar-refractivity contribution in [3.05, 3.63) is 55.9 Å². The summed E-state index contributed by atoms with van der Waals surface area (Å²) in [6.45, 7) is 5.66. The molecule has 0 bridgehead atoms. The Morgan fingerprint density at radius 1 is 1.24 bits per heavy atom. The van der Waals surface area contributed by atoms with Gasteiger partial charge in [-0.2, -0.15) is 0 Å². The number of hydrogen-bond acceptors (Lipinski definition) is 4. The molecule has 1 unspecified atom stereocenters. The van der Waals surface area contributed by atoms with Gasteiger partial charge in [0, 0.05) is 42.3 Å². The van der Waals surface area contributed by atoms with Crippen LogP contribution in [0.15, 0.2) is 38.7 Å². The normalized spacial score (nSPS) is 15.0. The molecular formula is C22H28BrN3O2S. The van der Waals surface area contributed by atoms with Gasteiger partial charge in [0.1, 0.15) is 0 Å². The summed E-state index contributed by atoms with van der Waals surface area (Å²) in [5.41, 5.74) is 2.48. The van der Waals surface area contributed by atoms with E-state index in [1.54, 1.807) is 11.6 Å². The standard InChI is InChI=1S/C22H28BrN3O2S/c1-4-7-19(21(28)26-12-5-6-13-26)29-22-24-15(2)18(20(27)25(22)3)14-16-8-10-17(23)11-9-16/h8-11,19H,4-7,12-14H2,1-3H3. The van der Waals surface area contributed by atoms with Gasteiger partial charge in [-0.1, -0.05) is 53.2 Å². The van der Waals surface area contributed by atoms with Crippen LogP contribution >= 0.6 is 27.7 Å². The number of carbonyl (C=O) groups excluding carboxylic acids is 1. The Bertz CT molecular complexity index is 921. The van der Waals surface area contributed by atoms with Gasteiger partial charge < -0.3 is 4.90 Å². The van der Waals surface area contributed by atoms with E-state index in [9.17, 15) is 9.59 Å². The van der Waals surface area contributed by atoms with E-state index in [1.165, 1.54) is 11.8 Å². The van der Waals surface area contributed by atoms with Crippen LogP contribution in [-0.4, -0.2) is 38.7 Å². The quantitative estimate of drug-likeness (QED) is 0.439. The zero-order valence-corrected chi connectivity index (χ0v) is 19.7. The molecule has 1 amide bonds. The number of halogens is 1. The maximum absolute atomic E-state index is 13.1. The lowest BCUT2D eigenvalue weighted by Gasteiger charge is -2.23. The van der Waals surface area contributed by atoms with Crippen LogP contribution in [0.5, 0.6) is 0 Å². The third-order valence-electron chi connectivity index (χ3n) is 5.34. The number of aromatic nitrogens is 2. The molecule has 3 rings (SSSR count). The van der Waals surface area contributed by atoms with E-state index < -0.39 is 0 Å². The first-order valence-electron chi connectivity index (χ1n) is 10.2. The Balaban J connectivity index is 1.84. The second-order valence-corrected chi connectivity index (χ2v) is 9.64. The fourth-order valence-electron chi connectivity index (χ4n) is 3.61. The molecule has 1 aromatic heterocycles. The molecule has 29 heavy (non-hydrogen) atoms. The lowest BCUT2D eigenvalue weighted by molar-refractivity contribution is -0.129. The number of hydrogen-bond donors (Lipinski definition) is 0. The van der Waals surface area contributed by atoms with Gasteiger partial charge in [-0.25, -0.2) is 4.98 Å². The molecule has 1 atom stereocenters. The first kappa shape index (κ1) is 22.1. The zero-order chi connectivity index (χ0) is 21.0. The second-order valence-electron chi connectivity index (χ2n) is 7.55. The van der Waals surface area contributed by atoms with E-state index in [0.29, 0.717) is 17.1 Å². The first-order valence-corrected chi connectivity index (χ1v) is 11.8. The molecule has 1 saturated heterocycles. The molecule has 0 saturated carbocycles. The van der Waals surface area contributed by atoms with Crippen molar-refractivity contribution < 1.29 is 4.79 Å². The van der Waals surface area contributed by atoms with E-state index >= 15 is 0 Å². The van der Waals surface area contributed by atoms with Crippen LogP contribution in [0.3, 0.4) is 0 Å². The highest BCUT2D eigenvalue weighted by Crippen LogP contribution is 2.27. The van der Waals surface area contributed by atoms with Crippen molar-refractivity contribution in [3.63, 3.8) is 0 Å². The molecule has 1 aliphatic rings. The van der Waals surface area contributed by atoms with Crippen molar-refractivity contribution in [2.24, 2.45) is 7.05 Å². The molecule has 1 aromatic carbocycles. The molecule has 0 radical (unpaired) electrons. The minimum absolute atomic E-state index is 0.0354. The highest BCUT2D eigenvalue weighted by Gasteiger charge is 2.28. The molecular weight excluding hydrogens is 450 g/mol. The summed E-state index contributed by atoms with van der Waals surface area (Å²) in [5, 5.41) is 0.436. The number of thioether (sulfide) groups is 1. The summed E-state index contributed by atoms with van der Waals surface area (Å²) in [7, 11) is 1.76. The molecule has 156 valence electrons. The van der Waals surface area contributed by atoms with E-state index in [0.717, 1.165) is 54.5 Å². The average Bonchev–Trinajstić information content (AvgIpc) is 3.24. The predicted octanol–water partition coefficient (Wildman–Crippen LogP) is 4.33. The van der Waals surface area contributed by atoms with E-state index in [4.69, 9.17) is 4.98 Å². The van der Waals surface area contributed by atoms with Crippen LogP contribution in [0.2, 0.25) is 0 Å². The minimum atomic E-state index is -0.187. The van der Waals surface area contributed by atoms with Gasteiger partial charge in [0.15, 0.2) is 5.16 Å². The Hall–Kier alpha value is -1.60. The van der Waals surface area contributed by atoms with Crippen molar-refractivity contribution >= 4 is 33.6 Å². The predicted molar refractivity (Wildman–Crippen MR) is 122 cm³/mol. The van der Waals surface area contributed by atoms with Gasteiger partial charge in [0.2, 0.25) is 5.91 Å². The summed E-state index contributed by atoms with van der Waals surface area (Å²) in [4.78, 5) is 32.7. The van der Waals surface area contributed by atoms with Crippen molar-refractivity contribution in [2.75, 3.05) is 13.1 Å². The van der Waals surface area contributed by atoms with Gasteiger partial charge in [-0.05, 0) is 43.9 Å². The third-order valence-corrected chi connectivity index (χ3v) is 7.16. The number of carbonyl (C=O) groups is 1. The van der Waals surface area contributed by atoms with Crippen molar-refractivity contribution in [3.8, 4) is 0 Å². The average molecular weight is 478 g/mol. The van der Waals surface area contributed by atoms with Crippen LogP contribution in [0.4, 0.5) is 0 Å². The number of likely N-dealkylation sites (tertiary alicyclic amines) is 1. The highest BCUT2D eigenvalue weighted by molar-refractivity contribution is 9.10. The molecule has 2 heterocycles. The van der Waals surface area contributed by atoms with Crippen LogP contribution < -0.4 is 5.56 Å². The number of nitrogens with zero attached hydrogens (tertiary/aromatic N) is 3. The Labute approximate surface area is 185 Å². The van der Waals surface area contributed by atoms with Gasteiger partial charge in [-0.15, -0.1) is 0 Å². The van der Waals surface area contributed by atoms with Crippen LogP contribution in [0, 0.1) is 6.92 Å². The van der Waals surface area contributed by atoms with Crippen LogP contribution in [0.25, 0.3) is 0 Å². The molecule has 1 aliphatic heterocycles. The summed E-state index contributed by atoms with van der Waals surface area (Å²) >= 11 is 4.88. The minimum Gasteiger partial charge on any atom is -0.342 e. The largest absolute Gasteiger partial charge is 0.342 e. The van der Waals surface area contributed by atoms with Gasteiger partial charge in [0.25, 0.3) is 5.56 Å². The molecule has 1 fully saturated rings. The topological polar surface area (TPSA) is 55.2 Å². The van der Waals surface area contributed by atoms with Crippen LogP contribution in [-0.2, 0) is 18.3 Å². The molecule has 2 aromatic rings. The fraction of sp³-hybridized carbons (Fsp3) is 0.500. The number of aryl methyl sites for hydroxylation is 1. The molecule has 0 spiro atoms. The third kappa shape index (κ3) is 5.31. The Morgan fingerprint density at radius 3 is 2.52 bits per heavy atom. The number of benzene rings is 1. The Morgan fingerprint density at radius 2 is 1.90 bits per heavy atom. The summed E-state index contributed by atoms with van der Waals surface area (Å²) in [5.74, 6) is 0.181. The van der Waals surface area contributed by atoms with Gasteiger partial charge in [-0.3, -0.25) is 14.2 Å². The second kappa shape index (κ2) is 9.94. The van der Waals surface area contributed by atoms with Gasteiger partial charge in [0.05, 0.1) is 5.25 Å². The van der Waals surface area contributed by atoms with E-state index in [-0.39, 0.29) is 16.7 Å². The van der Waals surface area contributed by atoms with Crippen molar-refractivity contribution in [1.82, 2.24) is 14.5 Å². The van der Waals surface area contributed by atoms with E-state index in [1.807, 2.05) is 36.1 Å². The molecule has 0 aliphatic carbocycles.